The molecule has 0 aliphatic carbocycles. The van der Waals surface area contributed by atoms with Gasteiger partial charge in [-0.1, -0.05) is 34.8 Å². The minimum atomic E-state index is -0.457. The number of thiophene rings is 1. The fourth-order valence-corrected chi connectivity index (χ4v) is 3.08. The van der Waals surface area contributed by atoms with Crippen molar-refractivity contribution in [3.63, 3.8) is 0 Å². The topological polar surface area (TPSA) is 12.0 Å². The van der Waals surface area contributed by atoms with E-state index in [1.807, 2.05) is 18.4 Å². The second kappa shape index (κ2) is 5.66. The number of anilines is 1. The zero-order valence-electron chi connectivity index (χ0n) is 9.31. The van der Waals surface area contributed by atoms with Crippen molar-refractivity contribution in [2.75, 3.05) is 5.32 Å². The summed E-state index contributed by atoms with van der Waals surface area (Å²) in [7, 11) is 0. The molecule has 0 aliphatic heterocycles. The average Bonchev–Trinajstić information content (AvgIpc) is 2.70. The molecular formula is C12H9Cl3FNS. The standard InChI is InChI=1S/C12H9Cl3FNS/c1-6(7-2-11(15)18-5-7)17-12-9(13)3-8(16)4-10(12)14/h2-6,17H,1H3. The first-order chi connectivity index (χ1) is 8.47. The number of hydrogen-bond donors (Lipinski definition) is 1. The van der Waals surface area contributed by atoms with Crippen molar-refractivity contribution in [3.05, 3.63) is 49.3 Å². The van der Waals surface area contributed by atoms with Crippen molar-refractivity contribution >= 4 is 51.8 Å². The van der Waals surface area contributed by atoms with Gasteiger partial charge in [-0.25, -0.2) is 4.39 Å². The van der Waals surface area contributed by atoms with Crippen LogP contribution in [0.2, 0.25) is 14.4 Å². The van der Waals surface area contributed by atoms with Gasteiger partial charge in [0, 0.05) is 6.04 Å². The second-order valence-corrected chi connectivity index (χ2v) is 6.15. The van der Waals surface area contributed by atoms with Crippen LogP contribution in [0.15, 0.2) is 23.6 Å². The van der Waals surface area contributed by atoms with E-state index in [2.05, 4.69) is 5.32 Å². The highest BCUT2D eigenvalue weighted by atomic mass is 35.5. The molecule has 96 valence electrons. The number of nitrogens with one attached hydrogen (secondary N) is 1. The summed E-state index contributed by atoms with van der Waals surface area (Å²) >= 11 is 19.3. The van der Waals surface area contributed by atoms with Gasteiger partial charge in [-0.15, -0.1) is 11.3 Å². The Balaban J connectivity index is 2.24. The second-order valence-electron chi connectivity index (χ2n) is 3.79. The molecule has 0 saturated carbocycles. The molecule has 6 heteroatoms. The van der Waals surface area contributed by atoms with E-state index in [4.69, 9.17) is 34.8 Å². The third kappa shape index (κ3) is 3.09. The van der Waals surface area contributed by atoms with Crippen molar-refractivity contribution in [3.8, 4) is 0 Å². The minimum absolute atomic E-state index is 0.0192. The summed E-state index contributed by atoms with van der Waals surface area (Å²) < 4.78 is 13.8. The normalized spacial score (nSPS) is 12.5. The predicted molar refractivity (Wildman–Crippen MR) is 77.8 cm³/mol. The molecule has 0 fully saturated rings. The number of benzene rings is 1. The molecule has 1 aromatic heterocycles. The summed E-state index contributed by atoms with van der Waals surface area (Å²) in [5, 5.41) is 5.62. The first kappa shape index (κ1) is 13.9. The maximum atomic E-state index is 13.1. The average molecular weight is 325 g/mol. The molecular weight excluding hydrogens is 316 g/mol. The molecule has 0 bridgehead atoms. The van der Waals surface area contributed by atoms with Gasteiger partial charge in [0.2, 0.25) is 0 Å². The maximum Gasteiger partial charge on any atom is 0.126 e. The molecule has 0 radical (unpaired) electrons. The summed E-state index contributed by atoms with van der Waals surface area (Å²) in [6.45, 7) is 1.95. The third-order valence-electron chi connectivity index (χ3n) is 2.46. The maximum absolute atomic E-state index is 13.1. The van der Waals surface area contributed by atoms with Crippen LogP contribution in [-0.2, 0) is 0 Å². The summed E-state index contributed by atoms with van der Waals surface area (Å²) in [6.07, 6.45) is 0. The quantitative estimate of drug-likeness (QED) is 0.728. The molecule has 2 aromatic rings. The van der Waals surface area contributed by atoms with Crippen LogP contribution in [0.5, 0.6) is 0 Å². The SMILES string of the molecule is CC(Nc1c(Cl)cc(F)cc1Cl)c1csc(Cl)c1. The first-order valence-electron chi connectivity index (χ1n) is 5.12. The van der Waals surface area contributed by atoms with Gasteiger partial charge in [-0.3, -0.25) is 0 Å². The predicted octanol–water partition coefficient (Wildman–Crippen LogP) is 6.02. The molecule has 0 amide bonds. The fraction of sp³-hybridized carbons (Fsp3) is 0.167. The molecule has 1 atom stereocenters. The molecule has 1 nitrogen and oxygen atoms in total. The fourth-order valence-electron chi connectivity index (χ4n) is 1.53. The molecule has 1 N–H and O–H groups in total. The van der Waals surface area contributed by atoms with Crippen LogP contribution in [0.25, 0.3) is 0 Å². The zero-order chi connectivity index (χ0) is 13.3. The minimum Gasteiger partial charge on any atom is -0.376 e. The molecule has 1 unspecified atom stereocenters. The van der Waals surface area contributed by atoms with E-state index in [9.17, 15) is 4.39 Å². The van der Waals surface area contributed by atoms with E-state index < -0.39 is 5.82 Å². The monoisotopic (exact) mass is 323 g/mol. The van der Waals surface area contributed by atoms with E-state index in [1.165, 1.54) is 23.5 Å². The molecule has 0 aliphatic rings. The lowest BCUT2D eigenvalue weighted by molar-refractivity contribution is 0.628. The Morgan fingerprint density at radius 1 is 1.17 bits per heavy atom. The van der Waals surface area contributed by atoms with Crippen molar-refractivity contribution in [1.29, 1.82) is 0 Å². The Morgan fingerprint density at radius 2 is 1.78 bits per heavy atom. The molecule has 0 spiro atoms. The molecule has 0 saturated heterocycles. The highest BCUT2D eigenvalue weighted by molar-refractivity contribution is 7.14. The van der Waals surface area contributed by atoms with E-state index in [1.54, 1.807) is 0 Å². The molecule has 18 heavy (non-hydrogen) atoms. The van der Waals surface area contributed by atoms with Gasteiger partial charge in [0.1, 0.15) is 5.82 Å². The zero-order valence-corrected chi connectivity index (χ0v) is 12.4. The molecule has 1 aromatic carbocycles. The lowest BCUT2D eigenvalue weighted by Gasteiger charge is -2.16. The summed E-state index contributed by atoms with van der Waals surface area (Å²) in [4.78, 5) is 0. The lowest BCUT2D eigenvalue weighted by atomic mass is 10.1. The van der Waals surface area contributed by atoms with Gasteiger partial charge in [0.25, 0.3) is 0 Å². The third-order valence-corrected chi connectivity index (χ3v) is 4.16. The Labute approximate surface area is 123 Å². The van der Waals surface area contributed by atoms with Crippen molar-refractivity contribution in [2.45, 2.75) is 13.0 Å². The molecule has 1 heterocycles. The first-order valence-corrected chi connectivity index (χ1v) is 7.13. The van der Waals surface area contributed by atoms with Gasteiger partial charge in [-0.2, -0.15) is 0 Å². The highest BCUT2D eigenvalue weighted by Crippen LogP contribution is 2.35. The largest absolute Gasteiger partial charge is 0.376 e. The lowest BCUT2D eigenvalue weighted by Crippen LogP contribution is -2.06. The Kier molecular flexibility index (Phi) is 4.38. The van der Waals surface area contributed by atoms with Crippen LogP contribution in [0, 0.1) is 5.82 Å². The van der Waals surface area contributed by atoms with E-state index in [-0.39, 0.29) is 16.1 Å². The summed E-state index contributed by atoms with van der Waals surface area (Å²) in [5.74, 6) is -0.457. The van der Waals surface area contributed by atoms with E-state index >= 15 is 0 Å². The van der Waals surface area contributed by atoms with E-state index in [0.29, 0.717) is 5.69 Å². The summed E-state index contributed by atoms with van der Waals surface area (Å²) in [6, 6.07) is 4.30. The van der Waals surface area contributed by atoms with Crippen LogP contribution in [0.4, 0.5) is 10.1 Å². The van der Waals surface area contributed by atoms with Crippen LogP contribution in [-0.4, -0.2) is 0 Å². The van der Waals surface area contributed by atoms with E-state index in [0.717, 1.165) is 9.90 Å². The van der Waals surface area contributed by atoms with Gasteiger partial charge in [0.05, 0.1) is 20.1 Å². The number of halogens is 4. The number of hydrogen-bond acceptors (Lipinski definition) is 2. The Hall–Kier alpha value is -0.480. The van der Waals surface area contributed by atoms with Crippen LogP contribution in [0.3, 0.4) is 0 Å². The van der Waals surface area contributed by atoms with Gasteiger partial charge < -0.3 is 5.32 Å². The van der Waals surface area contributed by atoms with Crippen LogP contribution >= 0.6 is 46.1 Å². The number of rotatable bonds is 3. The van der Waals surface area contributed by atoms with Crippen molar-refractivity contribution in [1.82, 2.24) is 0 Å². The molecule has 2 rings (SSSR count). The van der Waals surface area contributed by atoms with Crippen LogP contribution in [0.1, 0.15) is 18.5 Å². The Bertz CT molecular complexity index is 547. The van der Waals surface area contributed by atoms with Crippen LogP contribution < -0.4 is 5.32 Å². The van der Waals surface area contributed by atoms with Gasteiger partial charge in [-0.05, 0) is 36.1 Å². The Morgan fingerprint density at radius 3 is 2.28 bits per heavy atom. The van der Waals surface area contributed by atoms with Gasteiger partial charge in [0.15, 0.2) is 0 Å². The highest BCUT2D eigenvalue weighted by Gasteiger charge is 2.13. The van der Waals surface area contributed by atoms with Gasteiger partial charge >= 0.3 is 0 Å². The summed E-state index contributed by atoms with van der Waals surface area (Å²) in [5.41, 5.74) is 1.55. The van der Waals surface area contributed by atoms with Crippen molar-refractivity contribution in [2.24, 2.45) is 0 Å². The van der Waals surface area contributed by atoms with Crippen molar-refractivity contribution < 1.29 is 4.39 Å². The smallest absolute Gasteiger partial charge is 0.126 e.